The zero-order valence-corrected chi connectivity index (χ0v) is 16.0. The molecule has 0 aliphatic rings. The number of benzene rings is 1. The van der Waals surface area contributed by atoms with Crippen molar-refractivity contribution in [2.75, 3.05) is 13.6 Å². The first-order valence-corrected chi connectivity index (χ1v) is 8.07. The molecule has 0 unspecified atom stereocenters. The van der Waals surface area contributed by atoms with Crippen LogP contribution in [0.3, 0.4) is 0 Å². The largest absolute Gasteiger partial charge is 0.478 e. The molecule has 25 heavy (non-hydrogen) atoms. The van der Waals surface area contributed by atoms with Gasteiger partial charge in [-0.15, -0.1) is 0 Å². The molecule has 0 heterocycles. The molecule has 0 spiro atoms. The summed E-state index contributed by atoms with van der Waals surface area (Å²) in [4.78, 5) is 37.8. The second-order valence-corrected chi connectivity index (χ2v) is 8.33. The summed E-state index contributed by atoms with van der Waals surface area (Å²) in [6.07, 6.45) is 0. The molecule has 6 heteroatoms. The van der Waals surface area contributed by atoms with E-state index < -0.39 is 17.5 Å². The van der Waals surface area contributed by atoms with Crippen LogP contribution < -0.4 is 0 Å². The van der Waals surface area contributed by atoms with Gasteiger partial charge in [0.15, 0.2) is 0 Å². The van der Waals surface area contributed by atoms with E-state index in [1.807, 2.05) is 20.8 Å². The average Bonchev–Trinajstić information content (AvgIpc) is 2.42. The van der Waals surface area contributed by atoms with Crippen molar-refractivity contribution in [2.45, 2.75) is 47.1 Å². The smallest absolute Gasteiger partial charge is 0.338 e. The molecule has 0 aliphatic heterocycles. The van der Waals surface area contributed by atoms with Gasteiger partial charge >= 0.3 is 11.9 Å². The van der Waals surface area contributed by atoms with Gasteiger partial charge in [-0.1, -0.05) is 20.8 Å². The van der Waals surface area contributed by atoms with Crippen LogP contribution in [0.2, 0.25) is 0 Å². The zero-order valence-electron chi connectivity index (χ0n) is 16.0. The summed E-state index contributed by atoms with van der Waals surface area (Å²) >= 11 is 0. The lowest BCUT2D eigenvalue weighted by molar-refractivity contribution is 0.00694. The number of ether oxygens (including phenoxy) is 1. The number of nitrogens with zero attached hydrogens (tertiary/aromatic N) is 1. The van der Waals surface area contributed by atoms with Crippen molar-refractivity contribution in [1.29, 1.82) is 0 Å². The highest BCUT2D eigenvalue weighted by molar-refractivity contribution is 6.01. The predicted molar refractivity (Wildman–Crippen MR) is 95.0 cm³/mol. The minimum atomic E-state index is -1.21. The number of hydrogen-bond donors (Lipinski definition) is 1. The van der Waals surface area contributed by atoms with Gasteiger partial charge in [0.25, 0.3) is 5.91 Å². The number of hydrogen-bond acceptors (Lipinski definition) is 4. The molecular weight excluding hydrogens is 322 g/mol. The lowest BCUT2D eigenvalue weighted by atomic mass is 9.95. The van der Waals surface area contributed by atoms with Crippen molar-refractivity contribution in [2.24, 2.45) is 5.41 Å². The first kappa shape index (κ1) is 20.7. The predicted octanol–water partition coefficient (Wildman–Crippen LogP) is 3.46. The highest BCUT2D eigenvalue weighted by Crippen LogP contribution is 2.19. The summed E-state index contributed by atoms with van der Waals surface area (Å²) in [6.45, 7) is 11.6. The third kappa shape index (κ3) is 6.57. The van der Waals surface area contributed by atoms with Crippen LogP contribution in [0.4, 0.5) is 0 Å². The number of carbonyl (C=O) groups is 3. The number of amides is 1. The van der Waals surface area contributed by atoms with Gasteiger partial charge in [-0.05, 0) is 44.4 Å². The molecule has 0 fully saturated rings. The van der Waals surface area contributed by atoms with Crippen molar-refractivity contribution in [3.8, 4) is 0 Å². The monoisotopic (exact) mass is 349 g/mol. The van der Waals surface area contributed by atoms with Crippen LogP contribution in [0.25, 0.3) is 0 Å². The van der Waals surface area contributed by atoms with Crippen LogP contribution >= 0.6 is 0 Å². The Balaban J connectivity index is 3.25. The lowest BCUT2D eigenvalue weighted by Crippen LogP contribution is -2.34. The SMILES string of the molecule is CN(CC(C)(C)C)C(=O)c1cc(C(=O)O)cc(C(=O)OC(C)(C)C)c1. The fourth-order valence-corrected chi connectivity index (χ4v) is 2.33. The first-order valence-electron chi connectivity index (χ1n) is 8.07. The summed E-state index contributed by atoms with van der Waals surface area (Å²) in [5.74, 6) is -2.22. The Bertz CT molecular complexity index is 680. The Morgan fingerprint density at radius 2 is 1.44 bits per heavy atom. The highest BCUT2D eigenvalue weighted by atomic mass is 16.6. The summed E-state index contributed by atoms with van der Waals surface area (Å²) in [6, 6.07) is 3.87. The van der Waals surface area contributed by atoms with Gasteiger partial charge in [0.1, 0.15) is 5.60 Å². The molecule has 6 nitrogen and oxygen atoms in total. The Hall–Kier alpha value is -2.37. The van der Waals surface area contributed by atoms with Gasteiger partial charge in [0, 0.05) is 19.2 Å². The van der Waals surface area contributed by atoms with Gasteiger partial charge in [0.2, 0.25) is 0 Å². The van der Waals surface area contributed by atoms with Crippen molar-refractivity contribution >= 4 is 17.8 Å². The van der Waals surface area contributed by atoms with E-state index in [1.165, 1.54) is 23.1 Å². The molecule has 0 saturated heterocycles. The molecular formula is C19H27NO5. The molecule has 1 rings (SSSR count). The number of aromatic carboxylic acids is 1. The van der Waals surface area contributed by atoms with E-state index in [0.29, 0.717) is 6.54 Å². The summed E-state index contributed by atoms with van der Waals surface area (Å²) in [5, 5.41) is 9.28. The maximum Gasteiger partial charge on any atom is 0.338 e. The second kappa shape index (κ2) is 7.25. The van der Waals surface area contributed by atoms with Gasteiger partial charge in [-0.2, -0.15) is 0 Å². The third-order valence-corrected chi connectivity index (χ3v) is 3.12. The molecule has 0 bridgehead atoms. The van der Waals surface area contributed by atoms with Crippen molar-refractivity contribution in [3.05, 3.63) is 34.9 Å². The quantitative estimate of drug-likeness (QED) is 0.842. The molecule has 0 radical (unpaired) electrons. The van der Waals surface area contributed by atoms with E-state index in [2.05, 4.69) is 0 Å². The van der Waals surface area contributed by atoms with E-state index in [-0.39, 0.29) is 28.0 Å². The standard InChI is InChI=1S/C19H27NO5/c1-18(2,3)11-20(7)15(21)12-8-13(16(22)23)10-14(9-12)17(24)25-19(4,5)6/h8-10H,11H2,1-7H3,(H,22,23). The summed E-state index contributed by atoms with van der Waals surface area (Å²) in [7, 11) is 1.65. The Kier molecular flexibility index (Phi) is 6.00. The molecule has 1 aromatic carbocycles. The van der Waals surface area contributed by atoms with Crippen LogP contribution in [0.1, 0.15) is 72.6 Å². The number of esters is 1. The van der Waals surface area contributed by atoms with Crippen molar-refractivity contribution in [1.82, 2.24) is 4.90 Å². The Morgan fingerprint density at radius 3 is 1.88 bits per heavy atom. The number of carbonyl (C=O) groups excluding carboxylic acids is 2. The van der Waals surface area contributed by atoms with Gasteiger partial charge in [-0.3, -0.25) is 4.79 Å². The van der Waals surface area contributed by atoms with Crippen molar-refractivity contribution < 1.29 is 24.2 Å². The minimum Gasteiger partial charge on any atom is -0.478 e. The normalized spacial score (nSPS) is 11.8. The lowest BCUT2D eigenvalue weighted by Gasteiger charge is -2.27. The number of carboxylic acid groups (broad SMARTS) is 1. The number of rotatable bonds is 4. The minimum absolute atomic E-state index is 0.0438. The molecule has 0 atom stereocenters. The van der Waals surface area contributed by atoms with Crippen LogP contribution in [0.5, 0.6) is 0 Å². The topological polar surface area (TPSA) is 83.9 Å². The van der Waals surface area contributed by atoms with Gasteiger partial charge < -0.3 is 14.7 Å². The second-order valence-electron chi connectivity index (χ2n) is 8.33. The van der Waals surface area contributed by atoms with Crippen LogP contribution in [0.15, 0.2) is 18.2 Å². The molecule has 0 saturated carbocycles. The van der Waals surface area contributed by atoms with E-state index in [0.717, 1.165) is 0 Å². The highest BCUT2D eigenvalue weighted by Gasteiger charge is 2.24. The van der Waals surface area contributed by atoms with E-state index >= 15 is 0 Å². The first-order chi connectivity index (χ1) is 11.2. The molecule has 138 valence electrons. The van der Waals surface area contributed by atoms with E-state index in [4.69, 9.17) is 4.74 Å². The van der Waals surface area contributed by atoms with Gasteiger partial charge in [0.05, 0.1) is 11.1 Å². The molecule has 0 aromatic heterocycles. The third-order valence-electron chi connectivity index (χ3n) is 3.12. The van der Waals surface area contributed by atoms with Gasteiger partial charge in [-0.25, -0.2) is 9.59 Å². The Labute approximate surface area is 148 Å². The molecule has 1 N–H and O–H groups in total. The van der Waals surface area contributed by atoms with Crippen molar-refractivity contribution in [3.63, 3.8) is 0 Å². The summed E-state index contributed by atoms with van der Waals surface area (Å²) in [5.41, 5.74) is -0.766. The maximum atomic E-state index is 12.6. The maximum absolute atomic E-state index is 12.6. The average molecular weight is 349 g/mol. The molecule has 0 aliphatic carbocycles. The Morgan fingerprint density at radius 1 is 0.960 bits per heavy atom. The van der Waals surface area contributed by atoms with E-state index in [1.54, 1.807) is 27.8 Å². The molecule has 1 aromatic rings. The number of carboxylic acids is 1. The fraction of sp³-hybridized carbons (Fsp3) is 0.526. The zero-order chi connectivity index (χ0) is 19.6. The fourth-order valence-electron chi connectivity index (χ4n) is 2.33. The van der Waals surface area contributed by atoms with Crippen LogP contribution in [0, 0.1) is 5.41 Å². The molecule has 1 amide bonds. The van der Waals surface area contributed by atoms with Crippen LogP contribution in [-0.4, -0.2) is 47.0 Å². The van der Waals surface area contributed by atoms with E-state index in [9.17, 15) is 19.5 Å². The summed E-state index contributed by atoms with van der Waals surface area (Å²) < 4.78 is 5.28. The van der Waals surface area contributed by atoms with Crippen LogP contribution in [-0.2, 0) is 4.74 Å².